The molecule has 0 aliphatic carbocycles. The van der Waals surface area contributed by atoms with Crippen molar-refractivity contribution in [3.05, 3.63) is 22.4 Å². The van der Waals surface area contributed by atoms with E-state index in [1.165, 1.54) is 0 Å². The van der Waals surface area contributed by atoms with Crippen LogP contribution >= 0.6 is 11.3 Å². The van der Waals surface area contributed by atoms with Gasteiger partial charge < -0.3 is 10.4 Å². The number of nitrogens with one attached hydrogen (secondary N) is 1. The highest BCUT2D eigenvalue weighted by Crippen LogP contribution is 2.22. The normalized spacial score (nSPS) is 15.9. The Bertz CT molecular complexity index is 210. The van der Waals surface area contributed by atoms with Crippen molar-refractivity contribution in [1.29, 1.82) is 0 Å². The fraction of sp³-hybridized carbons (Fsp3) is 0.556. The number of hydrogen-bond acceptors (Lipinski definition) is 3. The fourth-order valence-corrected chi connectivity index (χ4v) is 1.77. The van der Waals surface area contributed by atoms with Crippen molar-refractivity contribution in [2.45, 2.75) is 25.5 Å². The molecule has 12 heavy (non-hydrogen) atoms. The number of aliphatic hydroxyl groups excluding tert-OH is 1. The molecule has 0 aromatic carbocycles. The Labute approximate surface area is 77.2 Å². The molecule has 1 aromatic heterocycles. The summed E-state index contributed by atoms with van der Waals surface area (Å²) in [5.74, 6) is 0. The molecule has 2 unspecified atom stereocenters. The van der Waals surface area contributed by atoms with Gasteiger partial charge in [-0.05, 0) is 31.8 Å². The zero-order chi connectivity index (χ0) is 8.97. The molecule has 0 amide bonds. The summed E-state index contributed by atoms with van der Waals surface area (Å²) in [5.41, 5.74) is 0. The molecule has 1 heterocycles. The Hall–Kier alpha value is -0.380. The van der Waals surface area contributed by atoms with E-state index >= 15 is 0 Å². The van der Waals surface area contributed by atoms with E-state index in [9.17, 15) is 5.11 Å². The first kappa shape index (κ1) is 9.71. The van der Waals surface area contributed by atoms with Gasteiger partial charge in [-0.2, -0.15) is 0 Å². The zero-order valence-corrected chi connectivity index (χ0v) is 8.27. The molecule has 1 rings (SSSR count). The van der Waals surface area contributed by atoms with Crippen molar-refractivity contribution in [3.8, 4) is 0 Å². The van der Waals surface area contributed by atoms with Crippen LogP contribution < -0.4 is 5.32 Å². The molecule has 3 heteroatoms. The molecular formula is C9H15NOS. The zero-order valence-electron chi connectivity index (χ0n) is 7.45. The average molecular weight is 185 g/mol. The van der Waals surface area contributed by atoms with Crippen LogP contribution in [-0.4, -0.2) is 18.2 Å². The predicted molar refractivity (Wildman–Crippen MR) is 52.4 cm³/mol. The second-order valence-corrected chi connectivity index (χ2v) is 3.94. The van der Waals surface area contributed by atoms with E-state index in [-0.39, 0.29) is 6.10 Å². The minimum Gasteiger partial charge on any atom is -0.388 e. The summed E-state index contributed by atoms with van der Waals surface area (Å²) < 4.78 is 0. The van der Waals surface area contributed by atoms with E-state index in [2.05, 4.69) is 12.2 Å². The first-order chi connectivity index (χ1) is 5.74. The number of thiophene rings is 1. The Morgan fingerprint density at radius 3 is 2.92 bits per heavy atom. The molecule has 68 valence electrons. The molecule has 0 bridgehead atoms. The monoisotopic (exact) mass is 185 g/mol. The number of hydrogen-bond donors (Lipinski definition) is 2. The molecule has 2 atom stereocenters. The molecule has 0 radical (unpaired) electrons. The standard InChI is InChI=1S/C9H15NOS/c1-7(10-2)6-8(11)9-4-3-5-12-9/h3-5,7-8,10-11H,6H2,1-2H3. The van der Waals surface area contributed by atoms with Gasteiger partial charge in [-0.3, -0.25) is 0 Å². The Morgan fingerprint density at radius 2 is 2.42 bits per heavy atom. The Balaban J connectivity index is 2.44. The first-order valence-electron chi connectivity index (χ1n) is 4.12. The highest BCUT2D eigenvalue weighted by Gasteiger charge is 2.11. The van der Waals surface area contributed by atoms with Crippen molar-refractivity contribution in [3.63, 3.8) is 0 Å². The van der Waals surface area contributed by atoms with Gasteiger partial charge in [0.1, 0.15) is 0 Å². The van der Waals surface area contributed by atoms with Crippen LogP contribution in [0, 0.1) is 0 Å². The highest BCUT2D eigenvalue weighted by molar-refractivity contribution is 7.10. The van der Waals surface area contributed by atoms with Crippen LogP contribution in [0.5, 0.6) is 0 Å². The van der Waals surface area contributed by atoms with Crippen LogP contribution in [0.1, 0.15) is 24.3 Å². The van der Waals surface area contributed by atoms with Gasteiger partial charge in [-0.1, -0.05) is 6.07 Å². The van der Waals surface area contributed by atoms with Gasteiger partial charge in [-0.25, -0.2) is 0 Å². The largest absolute Gasteiger partial charge is 0.388 e. The van der Waals surface area contributed by atoms with Crippen molar-refractivity contribution < 1.29 is 5.11 Å². The number of rotatable bonds is 4. The molecule has 0 saturated carbocycles. The molecule has 0 fully saturated rings. The fourth-order valence-electron chi connectivity index (χ4n) is 1.05. The third-order valence-corrected chi connectivity index (χ3v) is 2.91. The smallest absolute Gasteiger partial charge is 0.0896 e. The second-order valence-electron chi connectivity index (χ2n) is 2.96. The maximum Gasteiger partial charge on any atom is 0.0896 e. The lowest BCUT2D eigenvalue weighted by molar-refractivity contribution is 0.159. The predicted octanol–water partition coefficient (Wildman–Crippen LogP) is 1.78. The summed E-state index contributed by atoms with van der Waals surface area (Å²) in [6.07, 6.45) is 0.462. The van der Waals surface area contributed by atoms with Gasteiger partial charge >= 0.3 is 0 Å². The quantitative estimate of drug-likeness (QED) is 0.749. The van der Waals surface area contributed by atoms with E-state index in [1.54, 1.807) is 11.3 Å². The van der Waals surface area contributed by atoms with Crippen molar-refractivity contribution in [1.82, 2.24) is 5.32 Å². The SMILES string of the molecule is CNC(C)CC(O)c1cccs1. The summed E-state index contributed by atoms with van der Waals surface area (Å²) in [7, 11) is 1.91. The molecule has 0 saturated heterocycles. The van der Waals surface area contributed by atoms with E-state index in [4.69, 9.17) is 0 Å². The summed E-state index contributed by atoms with van der Waals surface area (Å²) >= 11 is 1.61. The van der Waals surface area contributed by atoms with Crippen LogP contribution in [0.4, 0.5) is 0 Å². The summed E-state index contributed by atoms with van der Waals surface area (Å²) in [4.78, 5) is 1.05. The van der Waals surface area contributed by atoms with Crippen molar-refractivity contribution >= 4 is 11.3 Å². The summed E-state index contributed by atoms with van der Waals surface area (Å²) in [5, 5.41) is 14.8. The van der Waals surface area contributed by atoms with Crippen LogP contribution in [0.25, 0.3) is 0 Å². The van der Waals surface area contributed by atoms with Crippen LogP contribution in [0.2, 0.25) is 0 Å². The van der Waals surface area contributed by atoms with Gasteiger partial charge in [0.05, 0.1) is 6.10 Å². The summed E-state index contributed by atoms with van der Waals surface area (Å²) in [6.45, 7) is 2.07. The Morgan fingerprint density at radius 1 is 1.67 bits per heavy atom. The topological polar surface area (TPSA) is 32.3 Å². The number of aliphatic hydroxyl groups is 1. The Kier molecular flexibility index (Phi) is 3.72. The molecule has 1 aromatic rings. The molecule has 2 nitrogen and oxygen atoms in total. The lowest BCUT2D eigenvalue weighted by Crippen LogP contribution is -2.23. The minimum atomic E-state index is -0.313. The van der Waals surface area contributed by atoms with Crippen molar-refractivity contribution in [2.24, 2.45) is 0 Å². The van der Waals surface area contributed by atoms with E-state index < -0.39 is 0 Å². The maximum absolute atomic E-state index is 9.68. The van der Waals surface area contributed by atoms with Crippen LogP contribution in [0.3, 0.4) is 0 Å². The average Bonchev–Trinajstić information content (AvgIpc) is 2.56. The van der Waals surface area contributed by atoms with E-state index in [0.29, 0.717) is 6.04 Å². The first-order valence-corrected chi connectivity index (χ1v) is 5.00. The summed E-state index contributed by atoms with van der Waals surface area (Å²) in [6, 6.07) is 4.30. The van der Waals surface area contributed by atoms with Gasteiger partial charge in [0.25, 0.3) is 0 Å². The maximum atomic E-state index is 9.68. The molecule has 0 spiro atoms. The molecular weight excluding hydrogens is 170 g/mol. The van der Waals surface area contributed by atoms with Gasteiger partial charge in [0.15, 0.2) is 0 Å². The van der Waals surface area contributed by atoms with Gasteiger partial charge in [0.2, 0.25) is 0 Å². The highest BCUT2D eigenvalue weighted by atomic mass is 32.1. The minimum absolute atomic E-state index is 0.313. The molecule has 0 aliphatic rings. The molecule has 2 N–H and O–H groups in total. The van der Waals surface area contributed by atoms with Gasteiger partial charge in [0, 0.05) is 10.9 Å². The second kappa shape index (κ2) is 4.60. The van der Waals surface area contributed by atoms with E-state index in [0.717, 1.165) is 11.3 Å². The van der Waals surface area contributed by atoms with Crippen LogP contribution in [-0.2, 0) is 0 Å². The van der Waals surface area contributed by atoms with Crippen LogP contribution in [0.15, 0.2) is 17.5 Å². The third kappa shape index (κ3) is 2.59. The molecule has 0 aliphatic heterocycles. The lowest BCUT2D eigenvalue weighted by Gasteiger charge is -2.14. The van der Waals surface area contributed by atoms with Crippen molar-refractivity contribution in [2.75, 3.05) is 7.05 Å². The van der Waals surface area contributed by atoms with E-state index in [1.807, 2.05) is 24.6 Å². The third-order valence-electron chi connectivity index (χ3n) is 1.94. The van der Waals surface area contributed by atoms with Gasteiger partial charge in [-0.15, -0.1) is 11.3 Å². The lowest BCUT2D eigenvalue weighted by atomic mass is 10.1.